The number of benzene rings is 3. The topological polar surface area (TPSA) is 123 Å². The molecule has 0 bridgehead atoms. The van der Waals surface area contributed by atoms with E-state index < -0.39 is 24.2 Å². The molecule has 3 rings (SSSR count). The van der Waals surface area contributed by atoms with Gasteiger partial charge in [-0.15, -0.1) is 23.5 Å². The lowest BCUT2D eigenvalue weighted by Gasteiger charge is -2.21. The van der Waals surface area contributed by atoms with Gasteiger partial charge in [-0.3, -0.25) is 0 Å². The van der Waals surface area contributed by atoms with Gasteiger partial charge in [0.15, 0.2) is 0 Å². The first-order chi connectivity index (χ1) is 17.6. The van der Waals surface area contributed by atoms with Gasteiger partial charge in [-0.1, -0.05) is 58.9 Å². The molecular formula is C26H30N4O4S2. The van der Waals surface area contributed by atoms with Crippen LogP contribution in [0.2, 0.25) is 0 Å². The van der Waals surface area contributed by atoms with Crippen molar-refractivity contribution in [3.05, 3.63) is 105 Å². The standard InChI is InChI=1S/C26H30N4O4S2/c1-35-21-11-7-19(8-12-21)25(29-33)15-23(27-31)17-3-5-18(6-4-17)24(28-32)16-26(30-34)20-9-13-22(36-2)14-10-20/h3-14,23-26,29-30,33-34H,15-16H2,1-2H3. The Hall–Kier alpha value is -2.60. The van der Waals surface area contributed by atoms with Crippen LogP contribution in [0.4, 0.5) is 0 Å². The van der Waals surface area contributed by atoms with E-state index in [1.165, 1.54) is 0 Å². The van der Waals surface area contributed by atoms with Crippen LogP contribution in [0.1, 0.15) is 59.3 Å². The van der Waals surface area contributed by atoms with Gasteiger partial charge in [0.05, 0.1) is 12.1 Å². The minimum Gasteiger partial charge on any atom is -0.316 e. The first-order valence-electron chi connectivity index (χ1n) is 11.4. The summed E-state index contributed by atoms with van der Waals surface area (Å²) in [4.78, 5) is 25.6. The van der Waals surface area contributed by atoms with Crippen LogP contribution in [0.3, 0.4) is 0 Å². The predicted octanol–water partition coefficient (Wildman–Crippen LogP) is 6.97. The fourth-order valence-electron chi connectivity index (χ4n) is 4.07. The molecule has 0 aliphatic rings. The van der Waals surface area contributed by atoms with Crippen LogP contribution in [-0.4, -0.2) is 22.9 Å². The number of nitroso groups, excluding NO2 is 2. The second kappa shape index (κ2) is 14.2. The van der Waals surface area contributed by atoms with Crippen molar-refractivity contribution in [2.45, 2.75) is 46.8 Å². The average Bonchev–Trinajstić information content (AvgIpc) is 2.95. The Balaban J connectivity index is 1.71. The molecule has 0 spiro atoms. The highest BCUT2D eigenvalue weighted by Gasteiger charge is 2.23. The fourth-order valence-corrected chi connectivity index (χ4v) is 4.88. The molecule has 0 radical (unpaired) electrons. The largest absolute Gasteiger partial charge is 0.316 e. The Morgan fingerprint density at radius 3 is 1.17 bits per heavy atom. The Morgan fingerprint density at radius 2 is 0.917 bits per heavy atom. The molecule has 190 valence electrons. The smallest absolute Gasteiger partial charge is 0.119 e. The average molecular weight is 527 g/mol. The van der Waals surface area contributed by atoms with E-state index in [9.17, 15) is 20.2 Å². The number of rotatable bonds is 14. The second-order valence-corrected chi connectivity index (χ2v) is 10.0. The summed E-state index contributed by atoms with van der Waals surface area (Å²) in [5, 5.41) is 26.0. The Bertz CT molecular complexity index is 1010. The summed E-state index contributed by atoms with van der Waals surface area (Å²) in [6, 6.07) is 20.1. The summed E-state index contributed by atoms with van der Waals surface area (Å²) in [6.07, 6.45) is 4.49. The zero-order chi connectivity index (χ0) is 25.9. The van der Waals surface area contributed by atoms with Crippen LogP contribution >= 0.6 is 23.5 Å². The SMILES string of the molecule is CSc1ccc(C(CC(N=O)c2ccc(C(CC(NO)c3ccc(SC)cc3)N=O)cc2)NO)cc1. The maximum Gasteiger partial charge on any atom is 0.119 e. The molecular weight excluding hydrogens is 496 g/mol. The highest BCUT2D eigenvalue weighted by atomic mass is 32.2. The van der Waals surface area contributed by atoms with Crippen molar-refractivity contribution in [1.29, 1.82) is 0 Å². The van der Waals surface area contributed by atoms with E-state index in [2.05, 4.69) is 21.3 Å². The third kappa shape index (κ3) is 7.22. The van der Waals surface area contributed by atoms with Crippen LogP contribution in [-0.2, 0) is 0 Å². The van der Waals surface area contributed by atoms with Gasteiger partial charge in [0, 0.05) is 9.79 Å². The number of thioether (sulfide) groups is 2. The minimum atomic E-state index is -0.701. The number of nitrogens with one attached hydrogen (secondary N) is 2. The lowest BCUT2D eigenvalue weighted by molar-refractivity contribution is 0.118. The molecule has 0 saturated carbocycles. The summed E-state index contributed by atoms with van der Waals surface area (Å²) in [7, 11) is 0. The Morgan fingerprint density at radius 1 is 0.611 bits per heavy atom. The molecule has 4 atom stereocenters. The molecule has 3 aromatic carbocycles. The van der Waals surface area contributed by atoms with Crippen molar-refractivity contribution in [2.75, 3.05) is 12.5 Å². The highest BCUT2D eigenvalue weighted by Crippen LogP contribution is 2.33. The lowest BCUT2D eigenvalue weighted by Crippen LogP contribution is -2.20. The van der Waals surface area contributed by atoms with E-state index in [0.717, 1.165) is 20.9 Å². The summed E-state index contributed by atoms with van der Waals surface area (Å²) in [5.41, 5.74) is 7.60. The van der Waals surface area contributed by atoms with Crippen molar-refractivity contribution in [3.8, 4) is 0 Å². The maximum atomic E-state index is 11.7. The van der Waals surface area contributed by atoms with E-state index in [4.69, 9.17) is 0 Å². The highest BCUT2D eigenvalue weighted by molar-refractivity contribution is 7.98. The van der Waals surface area contributed by atoms with Crippen LogP contribution < -0.4 is 11.0 Å². The molecule has 0 heterocycles. The lowest BCUT2D eigenvalue weighted by atomic mass is 9.92. The molecule has 0 saturated heterocycles. The third-order valence-electron chi connectivity index (χ3n) is 6.23. The number of hydrogen-bond acceptors (Lipinski definition) is 10. The summed E-state index contributed by atoms with van der Waals surface area (Å²) >= 11 is 3.24. The molecule has 0 amide bonds. The van der Waals surface area contributed by atoms with E-state index in [-0.39, 0.29) is 12.8 Å². The van der Waals surface area contributed by atoms with E-state index >= 15 is 0 Å². The molecule has 3 aromatic rings. The zero-order valence-corrected chi connectivity index (χ0v) is 21.7. The van der Waals surface area contributed by atoms with Gasteiger partial charge in [0.25, 0.3) is 0 Å². The Kier molecular flexibility index (Phi) is 11.1. The van der Waals surface area contributed by atoms with Crippen LogP contribution in [0.25, 0.3) is 0 Å². The van der Waals surface area contributed by atoms with Gasteiger partial charge >= 0.3 is 0 Å². The van der Waals surface area contributed by atoms with Crippen molar-refractivity contribution in [3.63, 3.8) is 0 Å². The summed E-state index contributed by atoms with van der Waals surface area (Å²) in [6.45, 7) is 0. The molecule has 8 nitrogen and oxygen atoms in total. The minimum absolute atomic E-state index is 0.260. The first-order valence-corrected chi connectivity index (χ1v) is 13.8. The van der Waals surface area contributed by atoms with Gasteiger partial charge in [-0.25, -0.2) is 0 Å². The van der Waals surface area contributed by atoms with Crippen LogP contribution in [0, 0.1) is 9.81 Å². The van der Waals surface area contributed by atoms with Gasteiger partial charge in [0.2, 0.25) is 0 Å². The van der Waals surface area contributed by atoms with E-state index in [1.807, 2.05) is 61.0 Å². The Labute approximate surface area is 219 Å². The number of hydroxylamine groups is 2. The van der Waals surface area contributed by atoms with Gasteiger partial charge in [-0.2, -0.15) is 20.8 Å². The molecule has 0 aliphatic heterocycles. The van der Waals surface area contributed by atoms with Crippen molar-refractivity contribution < 1.29 is 10.4 Å². The molecule has 4 unspecified atom stereocenters. The molecule has 10 heteroatoms. The van der Waals surface area contributed by atoms with Crippen LogP contribution in [0.15, 0.2) is 92.9 Å². The number of nitrogens with zero attached hydrogens (tertiary/aromatic N) is 2. The molecule has 0 aromatic heterocycles. The van der Waals surface area contributed by atoms with E-state index in [0.29, 0.717) is 11.1 Å². The van der Waals surface area contributed by atoms with Crippen molar-refractivity contribution >= 4 is 23.5 Å². The normalized spacial score (nSPS) is 14.6. The summed E-state index contributed by atoms with van der Waals surface area (Å²) < 4.78 is 0. The molecule has 0 aliphatic carbocycles. The fraction of sp³-hybridized carbons (Fsp3) is 0.308. The van der Waals surface area contributed by atoms with Crippen molar-refractivity contribution in [1.82, 2.24) is 11.0 Å². The van der Waals surface area contributed by atoms with Gasteiger partial charge in [-0.05, 0) is 71.9 Å². The van der Waals surface area contributed by atoms with Crippen LogP contribution in [0.5, 0.6) is 0 Å². The monoisotopic (exact) mass is 526 g/mol. The number of hydrogen-bond donors (Lipinski definition) is 4. The molecule has 0 fully saturated rings. The predicted molar refractivity (Wildman–Crippen MR) is 145 cm³/mol. The van der Waals surface area contributed by atoms with Gasteiger partial charge in [0.1, 0.15) is 12.1 Å². The van der Waals surface area contributed by atoms with Crippen molar-refractivity contribution in [2.24, 2.45) is 10.4 Å². The second-order valence-electron chi connectivity index (χ2n) is 8.29. The van der Waals surface area contributed by atoms with Gasteiger partial charge < -0.3 is 10.4 Å². The van der Waals surface area contributed by atoms with E-state index in [1.54, 1.807) is 47.8 Å². The zero-order valence-electron chi connectivity index (χ0n) is 20.1. The molecule has 36 heavy (non-hydrogen) atoms. The third-order valence-corrected chi connectivity index (χ3v) is 7.71. The first kappa shape index (κ1) is 28.0. The summed E-state index contributed by atoms with van der Waals surface area (Å²) in [5.74, 6) is 0. The molecule has 4 N–H and O–H groups in total. The quantitative estimate of drug-likeness (QED) is 0.101. The maximum absolute atomic E-state index is 11.7.